The number of amides is 1. The molecule has 3 rings (SSSR count). The van der Waals surface area contributed by atoms with E-state index in [1.165, 1.54) is 11.8 Å². The molecule has 31 heavy (non-hydrogen) atoms. The molecule has 0 bridgehead atoms. The number of nitrogens with zero attached hydrogens (tertiary/aromatic N) is 1. The maximum atomic E-state index is 12.8. The number of rotatable bonds is 8. The summed E-state index contributed by atoms with van der Waals surface area (Å²) in [4.78, 5) is 15.1. The third-order valence-electron chi connectivity index (χ3n) is 4.32. The standard InChI is InChI=1S/C23H23ClINO3S2/c1-4-28-19-10-16(11-20-22(27)26(12-14(2)3)23(30)31-20)9-18(25)21(19)29-13-15-6-5-7-17(24)8-15/h5-11,14H,4,12-13H2,1-3H3/b20-11-. The molecule has 1 amide bonds. The molecule has 4 nitrogen and oxygen atoms in total. The van der Waals surface area contributed by atoms with E-state index in [9.17, 15) is 4.79 Å². The molecule has 0 spiro atoms. The average molecular weight is 588 g/mol. The quantitative estimate of drug-likeness (QED) is 0.193. The van der Waals surface area contributed by atoms with Crippen molar-refractivity contribution in [2.75, 3.05) is 13.2 Å². The van der Waals surface area contributed by atoms with Crippen LogP contribution in [0.5, 0.6) is 11.5 Å². The molecule has 1 aliphatic rings. The van der Waals surface area contributed by atoms with E-state index < -0.39 is 0 Å². The molecule has 1 saturated heterocycles. The van der Waals surface area contributed by atoms with Crippen LogP contribution in [0.1, 0.15) is 31.9 Å². The van der Waals surface area contributed by atoms with E-state index in [2.05, 4.69) is 36.4 Å². The van der Waals surface area contributed by atoms with Crippen molar-refractivity contribution in [3.63, 3.8) is 0 Å². The number of ether oxygens (including phenoxy) is 2. The molecule has 0 aliphatic carbocycles. The van der Waals surface area contributed by atoms with Crippen LogP contribution in [0.4, 0.5) is 0 Å². The van der Waals surface area contributed by atoms with Crippen molar-refractivity contribution in [1.29, 1.82) is 0 Å². The largest absolute Gasteiger partial charge is 0.490 e. The van der Waals surface area contributed by atoms with Gasteiger partial charge in [0.1, 0.15) is 10.9 Å². The van der Waals surface area contributed by atoms with Crippen LogP contribution in [-0.2, 0) is 11.4 Å². The first-order valence-electron chi connectivity index (χ1n) is 9.87. The molecular weight excluding hydrogens is 565 g/mol. The summed E-state index contributed by atoms with van der Waals surface area (Å²) >= 11 is 15.0. The molecular formula is C23H23ClINO3S2. The maximum Gasteiger partial charge on any atom is 0.266 e. The summed E-state index contributed by atoms with van der Waals surface area (Å²) in [7, 11) is 0. The van der Waals surface area contributed by atoms with Crippen molar-refractivity contribution in [1.82, 2.24) is 4.90 Å². The summed E-state index contributed by atoms with van der Waals surface area (Å²) in [6.07, 6.45) is 1.87. The number of hydrogen-bond acceptors (Lipinski definition) is 5. The maximum absolute atomic E-state index is 12.8. The zero-order chi connectivity index (χ0) is 22.5. The minimum absolute atomic E-state index is 0.0436. The Balaban J connectivity index is 1.85. The Morgan fingerprint density at radius 2 is 2.03 bits per heavy atom. The number of thioether (sulfide) groups is 1. The summed E-state index contributed by atoms with van der Waals surface area (Å²) in [5.41, 5.74) is 1.84. The predicted molar refractivity (Wildman–Crippen MR) is 141 cm³/mol. The molecule has 164 valence electrons. The van der Waals surface area contributed by atoms with Crippen molar-refractivity contribution in [2.45, 2.75) is 27.4 Å². The molecule has 1 aliphatic heterocycles. The Hall–Kier alpha value is -1.29. The molecule has 8 heteroatoms. The Kier molecular flexibility index (Phi) is 8.66. The first kappa shape index (κ1) is 24.4. The molecule has 2 aromatic carbocycles. The third-order valence-corrected chi connectivity index (χ3v) is 6.74. The molecule has 0 aromatic heterocycles. The summed E-state index contributed by atoms with van der Waals surface area (Å²) in [5, 5.41) is 0.672. The van der Waals surface area contributed by atoms with Crippen LogP contribution < -0.4 is 9.47 Å². The van der Waals surface area contributed by atoms with Gasteiger partial charge in [-0.25, -0.2) is 0 Å². The smallest absolute Gasteiger partial charge is 0.266 e. The van der Waals surface area contributed by atoms with Crippen LogP contribution in [0.15, 0.2) is 41.3 Å². The van der Waals surface area contributed by atoms with Crippen LogP contribution in [-0.4, -0.2) is 28.3 Å². The van der Waals surface area contributed by atoms with Crippen molar-refractivity contribution in [3.05, 3.63) is 61.0 Å². The van der Waals surface area contributed by atoms with Crippen LogP contribution in [0.3, 0.4) is 0 Å². The van der Waals surface area contributed by atoms with Gasteiger partial charge in [0, 0.05) is 11.6 Å². The molecule has 1 heterocycles. The van der Waals surface area contributed by atoms with Gasteiger partial charge in [0.05, 0.1) is 15.1 Å². The van der Waals surface area contributed by atoms with E-state index >= 15 is 0 Å². The van der Waals surface area contributed by atoms with Gasteiger partial charge < -0.3 is 9.47 Å². The zero-order valence-corrected chi connectivity index (χ0v) is 22.0. The average Bonchev–Trinajstić information content (AvgIpc) is 2.94. The normalized spacial score (nSPS) is 15.3. The first-order chi connectivity index (χ1) is 14.8. The summed E-state index contributed by atoms with van der Waals surface area (Å²) < 4.78 is 13.4. The van der Waals surface area contributed by atoms with E-state index in [1.54, 1.807) is 4.90 Å². The Morgan fingerprint density at radius 1 is 1.26 bits per heavy atom. The van der Waals surface area contributed by atoms with Gasteiger partial charge in [-0.15, -0.1) is 0 Å². The lowest BCUT2D eigenvalue weighted by Crippen LogP contribution is -2.31. The fraction of sp³-hybridized carbons (Fsp3) is 0.304. The molecule has 1 fully saturated rings. The van der Waals surface area contributed by atoms with Crippen LogP contribution in [0, 0.1) is 9.49 Å². The number of carbonyl (C=O) groups excluding carboxylic acids is 1. The summed E-state index contributed by atoms with van der Waals surface area (Å²) in [6, 6.07) is 11.4. The highest BCUT2D eigenvalue weighted by Crippen LogP contribution is 2.38. The zero-order valence-electron chi connectivity index (χ0n) is 17.5. The molecule has 0 radical (unpaired) electrons. The van der Waals surface area contributed by atoms with Gasteiger partial charge in [-0.1, -0.05) is 61.6 Å². The van der Waals surface area contributed by atoms with E-state index in [4.69, 9.17) is 33.3 Å². The second-order valence-corrected chi connectivity index (χ2v) is 10.6. The van der Waals surface area contributed by atoms with E-state index in [1.807, 2.05) is 49.4 Å². The number of thiocarbonyl (C=S) groups is 1. The molecule has 0 saturated carbocycles. The number of halogens is 2. The van der Waals surface area contributed by atoms with E-state index in [0.29, 0.717) is 51.4 Å². The fourth-order valence-electron chi connectivity index (χ4n) is 3.03. The fourth-order valence-corrected chi connectivity index (χ4v) is 5.30. The summed E-state index contributed by atoms with van der Waals surface area (Å²) in [6.45, 7) is 7.58. The van der Waals surface area contributed by atoms with Gasteiger partial charge in [-0.05, 0) is 76.9 Å². The van der Waals surface area contributed by atoms with Crippen LogP contribution >= 0.6 is 58.2 Å². The first-order valence-corrected chi connectivity index (χ1v) is 12.6. The van der Waals surface area contributed by atoms with Crippen molar-refractivity contribution >= 4 is 74.5 Å². The lowest BCUT2D eigenvalue weighted by atomic mass is 10.1. The second-order valence-electron chi connectivity index (χ2n) is 7.37. The Labute approximate surface area is 211 Å². The molecule has 0 N–H and O–H groups in total. The molecule has 0 unspecified atom stereocenters. The van der Waals surface area contributed by atoms with Gasteiger partial charge in [0.15, 0.2) is 11.5 Å². The van der Waals surface area contributed by atoms with E-state index in [0.717, 1.165) is 14.7 Å². The van der Waals surface area contributed by atoms with Crippen molar-refractivity contribution in [2.24, 2.45) is 5.92 Å². The van der Waals surface area contributed by atoms with Gasteiger partial charge in [0.2, 0.25) is 0 Å². The Bertz CT molecular complexity index is 1030. The van der Waals surface area contributed by atoms with Crippen LogP contribution in [0.25, 0.3) is 6.08 Å². The predicted octanol–water partition coefficient (Wildman–Crippen LogP) is 6.78. The van der Waals surface area contributed by atoms with Gasteiger partial charge in [-0.3, -0.25) is 9.69 Å². The molecule has 2 aromatic rings. The SMILES string of the molecule is CCOc1cc(/C=C2\SC(=S)N(CC(C)C)C2=O)cc(I)c1OCc1cccc(Cl)c1. The highest BCUT2D eigenvalue weighted by molar-refractivity contribution is 14.1. The van der Waals surface area contributed by atoms with Gasteiger partial charge >= 0.3 is 0 Å². The number of hydrogen-bond donors (Lipinski definition) is 0. The molecule has 0 atom stereocenters. The minimum Gasteiger partial charge on any atom is -0.490 e. The van der Waals surface area contributed by atoms with Gasteiger partial charge in [-0.2, -0.15) is 0 Å². The highest BCUT2D eigenvalue weighted by Gasteiger charge is 2.32. The third kappa shape index (κ3) is 6.37. The lowest BCUT2D eigenvalue weighted by Gasteiger charge is -2.16. The lowest BCUT2D eigenvalue weighted by molar-refractivity contribution is -0.122. The van der Waals surface area contributed by atoms with Crippen molar-refractivity contribution < 1.29 is 14.3 Å². The Morgan fingerprint density at radius 3 is 2.71 bits per heavy atom. The topological polar surface area (TPSA) is 38.8 Å². The second kappa shape index (κ2) is 11.0. The summed E-state index contributed by atoms with van der Waals surface area (Å²) in [5.74, 6) is 1.62. The number of benzene rings is 2. The van der Waals surface area contributed by atoms with Crippen LogP contribution in [0.2, 0.25) is 5.02 Å². The van der Waals surface area contributed by atoms with E-state index in [-0.39, 0.29) is 5.91 Å². The van der Waals surface area contributed by atoms with Crippen molar-refractivity contribution in [3.8, 4) is 11.5 Å². The van der Waals surface area contributed by atoms with Gasteiger partial charge in [0.25, 0.3) is 5.91 Å². The number of carbonyl (C=O) groups is 1. The minimum atomic E-state index is -0.0436. The monoisotopic (exact) mass is 587 g/mol. The highest BCUT2D eigenvalue weighted by atomic mass is 127.